The van der Waals surface area contributed by atoms with E-state index in [-0.39, 0.29) is 0 Å². The molecular weight excluding hydrogens is 523 g/mol. The van der Waals surface area contributed by atoms with E-state index in [1.165, 1.54) is 19.9 Å². The quantitative estimate of drug-likeness (QED) is 0.387. The van der Waals surface area contributed by atoms with E-state index < -0.39 is 82.3 Å². The molecule has 1 aliphatic heterocycles. The van der Waals surface area contributed by atoms with Crippen LogP contribution in [-0.2, 0) is 19.1 Å². The topological polar surface area (TPSA) is 105 Å². The van der Waals surface area contributed by atoms with Gasteiger partial charge in [-0.25, -0.2) is 5.32 Å². The van der Waals surface area contributed by atoms with Gasteiger partial charge < -0.3 is 19.7 Å². The van der Waals surface area contributed by atoms with E-state index >= 15 is 0 Å². The molecule has 0 aromatic heterocycles. The third-order valence-electron chi connectivity index (χ3n) is 5.28. The highest BCUT2D eigenvalue weighted by molar-refractivity contribution is 6.36. The summed E-state index contributed by atoms with van der Waals surface area (Å²) >= 11 is 12.1. The fraction of sp³-hybridized carbons (Fsp3) is 0.579. The van der Waals surface area contributed by atoms with Crippen molar-refractivity contribution in [2.24, 2.45) is 11.8 Å². The fourth-order valence-corrected chi connectivity index (χ4v) is 4.56. The maximum absolute atomic E-state index is 14.1. The first-order chi connectivity index (χ1) is 15.5. The zero-order valence-corrected chi connectivity index (χ0v) is 18.9. The number of halogens is 8. The number of hydrogen-bond donors (Lipinski definition) is 3. The lowest BCUT2D eigenvalue weighted by Crippen LogP contribution is -2.81. The van der Waals surface area contributed by atoms with Crippen LogP contribution in [0.1, 0.15) is 25.3 Å². The molecule has 2 rings (SSSR count). The number of ether oxygens (including phenoxy) is 2. The Morgan fingerprint density at radius 2 is 1.26 bits per heavy atom. The summed E-state index contributed by atoms with van der Waals surface area (Å²) in [5.41, 5.74) is -10.2. The summed E-state index contributed by atoms with van der Waals surface area (Å²) in [6, 6.07) is 3.24. The number of aliphatic hydroxyl groups is 2. The molecule has 0 radical (unpaired) electrons. The van der Waals surface area contributed by atoms with Crippen LogP contribution in [0, 0.1) is 11.8 Å². The van der Waals surface area contributed by atoms with Gasteiger partial charge in [0.15, 0.2) is 0 Å². The van der Waals surface area contributed by atoms with E-state index in [0.717, 1.165) is 12.1 Å². The summed E-state index contributed by atoms with van der Waals surface area (Å²) in [6.07, 6.45) is -12.0. The molecule has 1 aromatic carbocycles. The van der Waals surface area contributed by atoms with Gasteiger partial charge in [0.2, 0.25) is 11.4 Å². The van der Waals surface area contributed by atoms with Gasteiger partial charge in [0.25, 0.3) is 0 Å². The molecule has 5 atom stereocenters. The Morgan fingerprint density at radius 3 is 1.56 bits per heavy atom. The van der Waals surface area contributed by atoms with E-state index in [2.05, 4.69) is 9.47 Å². The van der Waals surface area contributed by atoms with Gasteiger partial charge in [0.05, 0.1) is 13.2 Å². The largest absolute Gasteiger partial charge is 0.466 e. The Balaban J connectivity index is 3.06. The second kappa shape index (κ2) is 9.69. The minimum absolute atomic E-state index is 0.542. The number of carbonyl (C=O) groups is 2. The molecule has 192 valence electrons. The average Bonchev–Trinajstić information content (AvgIpc) is 2.66. The fourth-order valence-electron chi connectivity index (χ4n) is 3.91. The lowest BCUT2D eigenvalue weighted by molar-refractivity contribution is -0.376. The van der Waals surface area contributed by atoms with Crippen molar-refractivity contribution in [1.29, 1.82) is 0 Å². The average molecular weight is 542 g/mol. The molecule has 1 aromatic rings. The molecule has 0 saturated carbocycles. The molecule has 1 fully saturated rings. The smallest absolute Gasteiger partial charge is 0.432 e. The van der Waals surface area contributed by atoms with Gasteiger partial charge in [0, 0.05) is 16.0 Å². The van der Waals surface area contributed by atoms with Crippen LogP contribution in [-0.4, -0.2) is 59.2 Å². The molecule has 1 saturated heterocycles. The highest BCUT2D eigenvalue weighted by atomic mass is 35.5. The van der Waals surface area contributed by atoms with Crippen LogP contribution in [0.25, 0.3) is 0 Å². The lowest BCUT2D eigenvalue weighted by Gasteiger charge is -2.54. The van der Waals surface area contributed by atoms with Crippen molar-refractivity contribution in [1.82, 2.24) is 5.32 Å². The zero-order chi connectivity index (χ0) is 26.3. The molecule has 0 aliphatic carbocycles. The van der Waals surface area contributed by atoms with Gasteiger partial charge in [-0.05, 0) is 31.5 Å². The van der Waals surface area contributed by atoms with Crippen molar-refractivity contribution in [2.75, 3.05) is 13.2 Å². The number of rotatable bonds is 5. The SMILES string of the molecule is CCOC(=O)[C@@H]1C(c2c(Cl)cccc2Cl)[C@H](C(=O)OCC)[C@@](O)(C(F)(F)F)N[C@@]1(O)C(F)(F)F. The molecule has 1 aliphatic rings. The normalized spacial score (nSPS) is 30.1. The summed E-state index contributed by atoms with van der Waals surface area (Å²) in [7, 11) is 0. The predicted octanol–water partition coefficient (Wildman–Crippen LogP) is 3.54. The maximum atomic E-state index is 14.1. The third-order valence-corrected chi connectivity index (χ3v) is 5.94. The number of benzene rings is 1. The highest BCUT2D eigenvalue weighted by Crippen LogP contribution is 2.57. The first kappa shape index (κ1) is 28.4. The summed E-state index contributed by atoms with van der Waals surface area (Å²) in [6.45, 7) is 1.29. The first-order valence-electron chi connectivity index (χ1n) is 9.62. The number of hydrogen-bond acceptors (Lipinski definition) is 7. The van der Waals surface area contributed by atoms with E-state index in [9.17, 15) is 46.1 Å². The van der Waals surface area contributed by atoms with E-state index in [1.54, 1.807) is 0 Å². The molecular formula is C19H19Cl2F6NO6. The van der Waals surface area contributed by atoms with Crippen LogP contribution in [0.15, 0.2) is 18.2 Å². The van der Waals surface area contributed by atoms with Gasteiger partial charge in [-0.1, -0.05) is 29.3 Å². The van der Waals surface area contributed by atoms with Gasteiger partial charge >= 0.3 is 24.3 Å². The minimum Gasteiger partial charge on any atom is -0.466 e. The number of esters is 2. The first-order valence-corrected chi connectivity index (χ1v) is 10.4. The van der Waals surface area contributed by atoms with Crippen LogP contribution >= 0.6 is 23.2 Å². The van der Waals surface area contributed by atoms with Crippen LogP contribution in [0.4, 0.5) is 26.3 Å². The Bertz CT molecular complexity index is 877. The molecule has 3 N–H and O–H groups in total. The number of nitrogens with one attached hydrogen (secondary N) is 1. The van der Waals surface area contributed by atoms with Crippen molar-refractivity contribution >= 4 is 35.1 Å². The third kappa shape index (κ3) is 4.68. The molecule has 7 nitrogen and oxygen atoms in total. The van der Waals surface area contributed by atoms with Crippen molar-refractivity contribution in [2.45, 2.75) is 43.6 Å². The molecule has 1 unspecified atom stereocenters. The van der Waals surface area contributed by atoms with Gasteiger partial charge in [-0.2, -0.15) is 26.3 Å². The Hall–Kier alpha value is -1.80. The molecule has 34 heavy (non-hydrogen) atoms. The van der Waals surface area contributed by atoms with E-state index in [0.29, 0.717) is 5.32 Å². The second-order valence-electron chi connectivity index (χ2n) is 7.27. The Labute approximate surface area is 198 Å². The van der Waals surface area contributed by atoms with Crippen molar-refractivity contribution in [3.8, 4) is 0 Å². The van der Waals surface area contributed by atoms with Gasteiger partial charge in [-0.15, -0.1) is 0 Å². The lowest BCUT2D eigenvalue weighted by atomic mass is 9.64. The van der Waals surface area contributed by atoms with Crippen molar-refractivity contribution in [3.63, 3.8) is 0 Å². The second-order valence-corrected chi connectivity index (χ2v) is 8.09. The Morgan fingerprint density at radius 1 is 0.912 bits per heavy atom. The van der Waals surface area contributed by atoms with Crippen LogP contribution in [0.3, 0.4) is 0 Å². The highest BCUT2D eigenvalue weighted by Gasteiger charge is 2.78. The van der Waals surface area contributed by atoms with Gasteiger partial charge in [-0.3, -0.25) is 9.59 Å². The van der Waals surface area contributed by atoms with Crippen LogP contribution < -0.4 is 5.32 Å². The monoisotopic (exact) mass is 541 g/mol. The van der Waals surface area contributed by atoms with Gasteiger partial charge in [0.1, 0.15) is 11.8 Å². The summed E-state index contributed by atoms with van der Waals surface area (Å²) < 4.78 is 93.8. The number of alkyl halides is 6. The summed E-state index contributed by atoms with van der Waals surface area (Å²) in [5.74, 6) is -12.3. The summed E-state index contributed by atoms with van der Waals surface area (Å²) in [4.78, 5) is 25.5. The van der Waals surface area contributed by atoms with Crippen molar-refractivity contribution < 1.29 is 55.6 Å². The van der Waals surface area contributed by atoms with Crippen LogP contribution in [0.2, 0.25) is 10.0 Å². The Kier molecular flexibility index (Phi) is 8.10. The van der Waals surface area contributed by atoms with E-state index in [4.69, 9.17) is 23.2 Å². The van der Waals surface area contributed by atoms with Crippen LogP contribution in [0.5, 0.6) is 0 Å². The molecule has 0 bridgehead atoms. The summed E-state index contributed by atoms with van der Waals surface area (Å²) in [5, 5.41) is 20.7. The number of carbonyl (C=O) groups excluding carboxylic acids is 2. The standard InChI is InChI=1S/C19H19Cl2F6NO6/c1-3-33-14(29)12-11(10-8(20)6-5-7-9(10)21)13(15(30)34-4-2)17(32,19(25,26)27)28-16(12,31)18(22,23)24/h5-7,11-13,28,31-32H,3-4H2,1-2H3/t11?,12-,13+,16-,17+. The molecule has 15 heteroatoms. The minimum atomic E-state index is -6.00. The number of piperidine rings is 1. The zero-order valence-electron chi connectivity index (χ0n) is 17.4. The molecule has 0 amide bonds. The molecule has 1 heterocycles. The predicted molar refractivity (Wildman–Crippen MR) is 105 cm³/mol. The van der Waals surface area contributed by atoms with E-state index in [1.807, 2.05) is 0 Å². The maximum Gasteiger partial charge on any atom is 0.432 e. The molecule has 0 spiro atoms. The van der Waals surface area contributed by atoms with Crippen molar-refractivity contribution in [3.05, 3.63) is 33.8 Å².